The smallest absolute Gasteiger partial charge is 0.250 e. The molecule has 0 aliphatic carbocycles. The van der Waals surface area contributed by atoms with Gasteiger partial charge in [0.25, 0.3) is 0 Å². The number of aromatic nitrogens is 3. The van der Waals surface area contributed by atoms with Crippen LogP contribution in [0.5, 0.6) is 11.5 Å². The van der Waals surface area contributed by atoms with E-state index >= 15 is 0 Å². The zero-order chi connectivity index (χ0) is 22.6. The van der Waals surface area contributed by atoms with E-state index in [1.807, 2.05) is 25.1 Å². The standard InChI is InChI=1S/C23H25N7O3/c1-15-3-4-16(2)18(11-15)25-21-26-22(28-23(27-21)30-7-9-31-10-8-30)29-24-13-17-5-6-19-20(12-17)33-14-32-19/h3-6,11-13H,7-10,14H2,1-2H3,(H2,25,26,27,28,29). The van der Waals surface area contributed by atoms with Gasteiger partial charge in [-0.15, -0.1) is 0 Å². The Balaban J connectivity index is 1.39. The normalized spacial score (nSPS) is 15.2. The first-order valence-corrected chi connectivity index (χ1v) is 10.8. The van der Waals surface area contributed by atoms with E-state index in [0.717, 1.165) is 28.1 Å². The topological polar surface area (TPSA) is 106 Å². The minimum Gasteiger partial charge on any atom is -0.454 e. The maximum absolute atomic E-state index is 5.47. The molecule has 3 aromatic rings. The highest BCUT2D eigenvalue weighted by atomic mass is 16.7. The largest absolute Gasteiger partial charge is 0.454 e. The molecule has 2 aromatic carbocycles. The van der Waals surface area contributed by atoms with Crippen molar-refractivity contribution in [2.45, 2.75) is 13.8 Å². The Morgan fingerprint density at radius 1 is 0.939 bits per heavy atom. The van der Waals surface area contributed by atoms with Gasteiger partial charge in [-0.3, -0.25) is 0 Å². The molecule has 0 unspecified atom stereocenters. The third-order valence-corrected chi connectivity index (χ3v) is 5.33. The van der Waals surface area contributed by atoms with Crippen LogP contribution in [0.4, 0.5) is 23.5 Å². The van der Waals surface area contributed by atoms with E-state index in [1.165, 1.54) is 0 Å². The van der Waals surface area contributed by atoms with Crippen LogP contribution in [0.3, 0.4) is 0 Å². The first kappa shape index (κ1) is 21.0. The average Bonchev–Trinajstić information content (AvgIpc) is 3.30. The number of hydrazone groups is 1. The van der Waals surface area contributed by atoms with Crippen LogP contribution in [0.2, 0.25) is 0 Å². The molecule has 0 bridgehead atoms. The van der Waals surface area contributed by atoms with Crippen LogP contribution in [0, 0.1) is 13.8 Å². The molecule has 5 rings (SSSR count). The van der Waals surface area contributed by atoms with E-state index < -0.39 is 0 Å². The Kier molecular flexibility index (Phi) is 5.90. The summed E-state index contributed by atoms with van der Waals surface area (Å²) in [6.45, 7) is 7.03. The molecule has 170 valence electrons. The molecule has 1 aromatic heterocycles. The lowest BCUT2D eigenvalue weighted by Gasteiger charge is -2.27. The number of fused-ring (bicyclic) bond motifs is 1. The van der Waals surface area contributed by atoms with Crippen molar-refractivity contribution in [2.24, 2.45) is 5.10 Å². The second-order valence-electron chi connectivity index (χ2n) is 7.81. The summed E-state index contributed by atoms with van der Waals surface area (Å²) in [6, 6.07) is 11.8. The second kappa shape index (κ2) is 9.29. The highest BCUT2D eigenvalue weighted by molar-refractivity contribution is 5.81. The van der Waals surface area contributed by atoms with E-state index in [9.17, 15) is 0 Å². The fourth-order valence-corrected chi connectivity index (χ4v) is 3.52. The number of aryl methyl sites for hydroxylation is 2. The summed E-state index contributed by atoms with van der Waals surface area (Å²) in [5.74, 6) is 2.79. The van der Waals surface area contributed by atoms with Crippen molar-refractivity contribution in [3.05, 3.63) is 53.1 Å². The summed E-state index contributed by atoms with van der Waals surface area (Å²) in [5.41, 5.74) is 6.99. The van der Waals surface area contributed by atoms with E-state index in [-0.39, 0.29) is 6.79 Å². The van der Waals surface area contributed by atoms with E-state index in [1.54, 1.807) is 6.21 Å². The van der Waals surface area contributed by atoms with Gasteiger partial charge in [0.2, 0.25) is 24.6 Å². The molecule has 2 N–H and O–H groups in total. The Morgan fingerprint density at radius 2 is 1.76 bits per heavy atom. The van der Waals surface area contributed by atoms with E-state index in [4.69, 9.17) is 14.2 Å². The lowest BCUT2D eigenvalue weighted by Crippen LogP contribution is -2.37. The first-order valence-electron chi connectivity index (χ1n) is 10.8. The number of rotatable bonds is 6. The van der Waals surface area contributed by atoms with Crippen LogP contribution < -0.4 is 25.1 Å². The molecule has 0 saturated carbocycles. The van der Waals surface area contributed by atoms with Gasteiger partial charge in [-0.25, -0.2) is 5.43 Å². The Morgan fingerprint density at radius 3 is 2.64 bits per heavy atom. The summed E-state index contributed by atoms with van der Waals surface area (Å²) >= 11 is 0. The predicted molar refractivity (Wildman–Crippen MR) is 126 cm³/mol. The summed E-state index contributed by atoms with van der Waals surface area (Å²) < 4.78 is 16.2. The first-order chi connectivity index (χ1) is 16.1. The summed E-state index contributed by atoms with van der Waals surface area (Å²) in [6.07, 6.45) is 1.68. The van der Waals surface area contributed by atoms with Crippen LogP contribution >= 0.6 is 0 Å². The zero-order valence-corrected chi connectivity index (χ0v) is 18.5. The molecule has 2 aliphatic heterocycles. The summed E-state index contributed by atoms with van der Waals surface area (Å²) in [4.78, 5) is 15.8. The molecular formula is C23H25N7O3. The lowest BCUT2D eigenvalue weighted by atomic mass is 10.1. The number of hydrogen-bond acceptors (Lipinski definition) is 10. The number of hydrogen-bond donors (Lipinski definition) is 2. The summed E-state index contributed by atoms with van der Waals surface area (Å²) in [5, 5.41) is 7.64. The molecule has 33 heavy (non-hydrogen) atoms. The Labute approximate surface area is 191 Å². The third kappa shape index (κ3) is 4.96. The molecule has 2 aliphatic rings. The minimum absolute atomic E-state index is 0.236. The quantitative estimate of drug-likeness (QED) is 0.435. The molecule has 1 saturated heterocycles. The number of benzene rings is 2. The molecule has 0 atom stereocenters. The molecule has 10 nitrogen and oxygen atoms in total. The highest BCUT2D eigenvalue weighted by Crippen LogP contribution is 2.32. The summed E-state index contributed by atoms with van der Waals surface area (Å²) in [7, 11) is 0. The van der Waals surface area contributed by atoms with E-state index in [0.29, 0.717) is 49.9 Å². The predicted octanol–water partition coefficient (Wildman–Crippen LogP) is 3.24. The molecule has 0 radical (unpaired) electrons. The number of ether oxygens (including phenoxy) is 3. The minimum atomic E-state index is 0.236. The Hall–Kier alpha value is -3.92. The van der Waals surface area contributed by atoms with Crippen molar-refractivity contribution in [1.29, 1.82) is 0 Å². The monoisotopic (exact) mass is 447 g/mol. The fourth-order valence-electron chi connectivity index (χ4n) is 3.52. The fraction of sp³-hybridized carbons (Fsp3) is 0.304. The van der Waals surface area contributed by atoms with Crippen LogP contribution in [-0.2, 0) is 4.74 Å². The molecule has 3 heterocycles. The van der Waals surface area contributed by atoms with Crippen LogP contribution in [-0.4, -0.2) is 54.3 Å². The van der Waals surface area contributed by atoms with Gasteiger partial charge in [0.1, 0.15) is 0 Å². The van der Waals surface area contributed by atoms with Crippen molar-refractivity contribution in [3.8, 4) is 11.5 Å². The Bertz CT molecular complexity index is 1180. The van der Waals surface area contributed by atoms with Crippen LogP contribution in [0.25, 0.3) is 0 Å². The van der Waals surface area contributed by atoms with Gasteiger partial charge >= 0.3 is 0 Å². The van der Waals surface area contributed by atoms with Crippen molar-refractivity contribution >= 4 is 29.7 Å². The van der Waals surface area contributed by atoms with Gasteiger partial charge in [0, 0.05) is 18.8 Å². The third-order valence-electron chi connectivity index (χ3n) is 5.33. The van der Waals surface area contributed by atoms with Gasteiger partial charge in [-0.1, -0.05) is 12.1 Å². The molecule has 10 heteroatoms. The SMILES string of the molecule is Cc1ccc(C)c(Nc2nc(NN=Cc3ccc4c(c3)OCO4)nc(N3CCOCC3)n2)c1. The van der Waals surface area contributed by atoms with Crippen molar-refractivity contribution in [1.82, 2.24) is 15.0 Å². The molecule has 1 fully saturated rings. The lowest BCUT2D eigenvalue weighted by molar-refractivity contribution is 0.122. The number of nitrogens with zero attached hydrogens (tertiary/aromatic N) is 5. The van der Waals surface area contributed by atoms with Crippen molar-refractivity contribution in [2.75, 3.05) is 48.7 Å². The van der Waals surface area contributed by atoms with Crippen molar-refractivity contribution < 1.29 is 14.2 Å². The van der Waals surface area contributed by atoms with Gasteiger partial charge in [0.15, 0.2) is 11.5 Å². The number of anilines is 4. The maximum atomic E-state index is 5.47. The molecule has 0 amide bonds. The molecular weight excluding hydrogens is 422 g/mol. The zero-order valence-electron chi connectivity index (χ0n) is 18.5. The van der Waals surface area contributed by atoms with Gasteiger partial charge in [0.05, 0.1) is 19.4 Å². The van der Waals surface area contributed by atoms with Crippen molar-refractivity contribution in [3.63, 3.8) is 0 Å². The van der Waals surface area contributed by atoms with E-state index in [2.05, 4.69) is 60.8 Å². The second-order valence-corrected chi connectivity index (χ2v) is 7.81. The van der Waals surface area contributed by atoms with Crippen LogP contribution in [0.15, 0.2) is 41.5 Å². The highest BCUT2D eigenvalue weighted by Gasteiger charge is 2.17. The number of morpholine rings is 1. The van der Waals surface area contributed by atoms with Crippen LogP contribution in [0.1, 0.15) is 16.7 Å². The average molecular weight is 447 g/mol. The number of nitrogens with one attached hydrogen (secondary N) is 2. The maximum Gasteiger partial charge on any atom is 0.250 e. The molecule has 0 spiro atoms. The van der Waals surface area contributed by atoms with Gasteiger partial charge < -0.3 is 24.4 Å². The van der Waals surface area contributed by atoms with Gasteiger partial charge in [-0.05, 0) is 54.8 Å². The van der Waals surface area contributed by atoms with Gasteiger partial charge in [-0.2, -0.15) is 20.1 Å².